The summed E-state index contributed by atoms with van der Waals surface area (Å²) in [7, 11) is 0. The van der Waals surface area contributed by atoms with Crippen molar-refractivity contribution < 1.29 is 9.84 Å². The number of aliphatic hydroxyl groups is 1. The highest BCUT2D eigenvalue weighted by atomic mass is 16.6. The molecule has 2 heteroatoms. The van der Waals surface area contributed by atoms with Crippen LogP contribution in [0.1, 0.15) is 65.2 Å². The normalized spacial score (nSPS) is 65.0. The van der Waals surface area contributed by atoms with Gasteiger partial charge in [-0.25, -0.2) is 0 Å². The quantitative estimate of drug-likeness (QED) is 0.689. The van der Waals surface area contributed by atoms with Crippen LogP contribution in [0.2, 0.25) is 0 Å². The second kappa shape index (κ2) is 4.06. The monoisotopic (exact) mass is 290 g/mol. The fraction of sp³-hybridized carbons (Fsp3) is 1.00. The van der Waals surface area contributed by atoms with Gasteiger partial charge < -0.3 is 9.84 Å². The van der Waals surface area contributed by atoms with Crippen molar-refractivity contribution in [1.82, 2.24) is 0 Å². The first kappa shape index (κ1) is 13.4. The van der Waals surface area contributed by atoms with Crippen LogP contribution in [0.25, 0.3) is 0 Å². The minimum absolute atomic E-state index is 0.0310. The highest BCUT2D eigenvalue weighted by Gasteiger charge is 2.64. The van der Waals surface area contributed by atoms with E-state index < -0.39 is 0 Å². The molecular weight excluding hydrogens is 260 g/mol. The second-order valence-electron chi connectivity index (χ2n) is 9.38. The molecule has 0 amide bonds. The number of epoxide rings is 1. The third-order valence-corrected chi connectivity index (χ3v) is 8.88. The molecule has 0 aromatic carbocycles. The Morgan fingerprint density at radius 3 is 2.38 bits per heavy atom. The SMILES string of the molecule is C[C@]12CCC3C(CC[C@@H]4[C@H]5O[C@H]5CC[C@]34C)C1CC[C@@H]2O. The zero-order valence-electron chi connectivity index (χ0n) is 13.6. The predicted octanol–water partition coefficient (Wildman–Crippen LogP) is 3.77. The minimum atomic E-state index is -0.0310. The average Bonchev–Trinajstić information content (AvgIpc) is 3.18. The van der Waals surface area contributed by atoms with Crippen LogP contribution in [0.15, 0.2) is 0 Å². The van der Waals surface area contributed by atoms with Crippen molar-refractivity contribution in [3.63, 3.8) is 0 Å². The Morgan fingerprint density at radius 2 is 1.52 bits per heavy atom. The largest absolute Gasteiger partial charge is 0.393 e. The molecule has 1 N–H and O–H groups in total. The van der Waals surface area contributed by atoms with E-state index in [2.05, 4.69) is 13.8 Å². The number of aliphatic hydroxyl groups excluding tert-OH is 1. The van der Waals surface area contributed by atoms with Gasteiger partial charge in [-0.2, -0.15) is 0 Å². The van der Waals surface area contributed by atoms with Gasteiger partial charge in [-0.15, -0.1) is 0 Å². The molecular formula is C19H30O2. The van der Waals surface area contributed by atoms with Crippen LogP contribution in [0.3, 0.4) is 0 Å². The number of hydrogen-bond donors (Lipinski definition) is 1. The molecule has 4 saturated carbocycles. The molecule has 0 bridgehead atoms. The maximum atomic E-state index is 10.5. The first-order valence-electron chi connectivity index (χ1n) is 9.37. The van der Waals surface area contributed by atoms with Crippen molar-refractivity contribution in [2.75, 3.05) is 0 Å². The zero-order chi connectivity index (χ0) is 14.4. The molecule has 0 aromatic rings. The summed E-state index contributed by atoms with van der Waals surface area (Å²) in [4.78, 5) is 0. The Morgan fingerprint density at radius 1 is 0.810 bits per heavy atom. The Bertz CT molecular complexity index is 462. The van der Waals surface area contributed by atoms with Gasteiger partial charge in [-0.3, -0.25) is 0 Å². The van der Waals surface area contributed by atoms with Crippen molar-refractivity contribution in [2.45, 2.75) is 83.5 Å². The van der Waals surface area contributed by atoms with Crippen LogP contribution < -0.4 is 0 Å². The average molecular weight is 290 g/mol. The molecule has 1 saturated heterocycles. The number of fused-ring (bicyclic) bond motifs is 7. The van der Waals surface area contributed by atoms with Gasteiger partial charge in [0.05, 0.1) is 18.3 Å². The minimum Gasteiger partial charge on any atom is -0.393 e. The number of rotatable bonds is 0. The van der Waals surface area contributed by atoms with Crippen LogP contribution in [0.4, 0.5) is 0 Å². The maximum absolute atomic E-state index is 10.5. The molecule has 1 aliphatic heterocycles. The van der Waals surface area contributed by atoms with E-state index in [-0.39, 0.29) is 11.5 Å². The predicted molar refractivity (Wildman–Crippen MR) is 81.8 cm³/mol. The van der Waals surface area contributed by atoms with E-state index in [1.54, 1.807) is 0 Å². The van der Waals surface area contributed by atoms with Crippen LogP contribution in [0, 0.1) is 34.5 Å². The molecule has 0 aromatic heterocycles. The Kier molecular flexibility index (Phi) is 2.58. The van der Waals surface area contributed by atoms with Gasteiger partial charge in [0, 0.05) is 0 Å². The highest BCUT2D eigenvalue weighted by Crippen LogP contribution is 2.68. The van der Waals surface area contributed by atoms with E-state index in [0.29, 0.717) is 17.6 Å². The first-order valence-corrected chi connectivity index (χ1v) is 9.37. The molecule has 1 heterocycles. The Labute approximate surface area is 128 Å². The second-order valence-corrected chi connectivity index (χ2v) is 9.38. The zero-order valence-corrected chi connectivity index (χ0v) is 13.6. The molecule has 5 fully saturated rings. The lowest BCUT2D eigenvalue weighted by Crippen LogP contribution is -2.54. The fourth-order valence-corrected chi connectivity index (χ4v) is 7.56. The van der Waals surface area contributed by atoms with Crippen molar-refractivity contribution >= 4 is 0 Å². The lowest BCUT2D eigenvalue weighted by molar-refractivity contribution is -0.118. The smallest absolute Gasteiger partial charge is 0.0875 e. The van der Waals surface area contributed by atoms with Gasteiger partial charge in [-0.1, -0.05) is 13.8 Å². The van der Waals surface area contributed by atoms with E-state index in [1.807, 2.05) is 0 Å². The van der Waals surface area contributed by atoms with E-state index >= 15 is 0 Å². The van der Waals surface area contributed by atoms with E-state index in [0.717, 1.165) is 30.1 Å². The van der Waals surface area contributed by atoms with Crippen molar-refractivity contribution in [2.24, 2.45) is 34.5 Å². The molecule has 3 unspecified atom stereocenters. The summed E-state index contributed by atoms with van der Waals surface area (Å²) in [6.07, 6.45) is 11.7. The summed E-state index contributed by atoms with van der Waals surface area (Å²) in [6, 6.07) is 0. The Balaban J connectivity index is 1.48. The summed E-state index contributed by atoms with van der Waals surface area (Å²) in [5.74, 6) is 3.43. The number of ether oxygens (including phenoxy) is 1. The lowest BCUT2D eigenvalue weighted by atomic mass is 9.45. The summed E-state index contributed by atoms with van der Waals surface area (Å²) in [5.41, 5.74) is 0.771. The molecule has 5 rings (SSSR count). The fourth-order valence-electron chi connectivity index (χ4n) is 7.56. The molecule has 2 nitrogen and oxygen atoms in total. The van der Waals surface area contributed by atoms with Gasteiger partial charge in [-0.05, 0) is 85.9 Å². The van der Waals surface area contributed by atoms with Gasteiger partial charge in [0.25, 0.3) is 0 Å². The van der Waals surface area contributed by atoms with Crippen LogP contribution >= 0.6 is 0 Å². The van der Waals surface area contributed by atoms with Gasteiger partial charge in [0.2, 0.25) is 0 Å². The van der Waals surface area contributed by atoms with Crippen LogP contribution in [-0.4, -0.2) is 23.4 Å². The van der Waals surface area contributed by atoms with E-state index in [9.17, 15) is 5.11 Å². The van der Waals surface area contributed by atoms with Crippen molar-refractivity contribution in [3.05, 3.63) is 0 Å². The molecule has 0 spiro atoms. The van der Waals surface area contributed by atoms with Gasteiger partial charge in [0.1, 0.15) is 0 Å². The standard InChI is InChI=1S/C19H30O2/c1-18-10-8-15-17(21-15)14(18)4-3-11-12-5-6-16(20)19(12,2)9-7-13(11)18/h11-17,20H,3-10H2,1-2H3/t11?,12?,13?,14-,15+,16+,17-,18-,19+/m1/s1. The van der Waals surface area contributed by atoms with Crippen molar-refractivity contribution in [3.8, 4) is 0 Å². The molecule has 0 radical (unpaired) electrons. The lowest BCUT2D eigenvalue weighted by Gasteiger charge is -2.59. The summed E-state index contributed by atoms with van der Waals surface area (Å²) < 4.78 is 5.98. The first-order chi connectivity index (χ1) is 10.0. The van der Waals surface area contributed by atoms with E-state index in [1.165, 1.54) is 44.9 Å². The maximum Gasteiger partial charge on any atom is 0.0875 e. The highest BCUT2D eigenvalue weighted by molar-refractivity contribution is 5.13. The third-order valence-electron chi connectivity index (χ3n) is 8.88. The molecule has 5 aliphatic rings. The molecule has 9 atom stereocenters. The van der Waals surface area contributed by atoms with Gasteiger partial charge >= 0.3 is 0 Å². The third kappa shape index (κ3) is 1.57. The van der Waals surface area contributed by atoms with Crippen LogP contribution in [-0.2, 0) is 4.74 Å². The molecule has 21 heavy (non-hydrogen) atoms. The summed E-state index contributed by atoms with van der Waals surface area (Å²) in [5, 5.41) is 10.5. The molecule has 118 valence electrons. The number of hydrogen-bond acceptors (Lipinski definition) is 2. The van der Waals surface area contributed by atoms with Gasteiger partial charge in [0.15, 0.2) is 0 Å². The topological polar surface area (TPSA) is 32.8 Å². The Hall–Kier alpha value is -0.0800. The van der Waals surface area contributed by atoms with Crippen molar-refractivity contribution in [1.29, 1.82) is 0 Å². The van der Waals surface area contributed by atoms with E-state index in [4.69, 9.17) is 4.74 Å². The summed E-state index contributed by atoms with van der Waals surface area (Å²) >= 11 is 0. The summed E-state index contributed by atoms with van der Waals surface area (Å²) in [6.45, 7) is 4.99. The molecule has 4 aliphatic carbocycles. The van der Waals surface area contributed by atoms with Crippen LogP contribution in [0.5, 0.6) is 0 Å².